The van der Waals surface area contributed by atoms with E-state index in [4.69, 9.17) is 9.47 Å². The number of aromatic nitrogens is 2. The minimum Gasteiger partial charge on any atom is -0.487 e. The van der Waals surface area contributed by atoms with Crippen LogP contribution in [0.5, 0.6) is 5.75 Å². The molecule has 0 aliphatic heterocycles. The van der Waals surface area contributed by atoms with Crippen molar-refractivity contribution >= 4 is 23.3 Å². The monoisotopic (exact) mass is 374 g/mol. The molecule has 3 rings (SSSR count). The Balaban J connectivity index is 0.00000243. The molecule has 4 nitrogen and oxygen atoms in total. The molecule has 0 aliphatic rings. The fraction of sp³-hybridized carbons (Fsp3) is 0.381. The first-order chi connectivity index (χ1) is 12.0. The number of ether oxygens (including phenoxy) is 2. The predicted molar refractivity (Wildman–Crippen MR) is 109 cm³/mol. The fourth-order valence-corrected chi connectivity index (χ4v) is 3.34. The van der Waals surface area contributed by atoms with Crippen LogP contribution >= 0.6 is 12.4 Å². The van der Waals surface area contributed by atoms with Crippen LogP contribution in [0.2, 0.25) is 0 Å². The van der Waals surface area contributed by atoms with Crippen molar-refractivity contribution in [1.29, 1.82) is 0 Å². The largest absolute Gasteiger partial charge is 0.487 e. The minimum atomic E-state index is 0. The van der Waals surface area contributed by atoms with E-state index in [1.54, 1.807) is 7.11 Å². The fourth-order valence-electron chi connectivity index (χ4n) is 3.34. The van der Waals surface area contributed by atoms with Gasteiger partial charge in [0.05, 0.1) is 12.1 Å². The van der Waals surface area contributed by atoms with Crippen molar-refractivity contribution in [3.63, 3.8) is 0 Å². The van der Waals surface area contributed by atoms with E-state index in [9.17, 15) is 0 Å². The van der Waals surface area contributed by atoms with E-state index in [-0.39, 0.29) is 12.4 Å². The number of fused-ring (bicyclic) bond motifs is 1. The molecule has 0 radical (unpaired) electrons. The zero-order chi connectivity index (χ0) is 18.0. The summed E-state index contributed by atoms with van der Waals surface area (Å²) in [6, 6.07) is 8.33. The molecule has 0 fully saturated rings. The molecular formula is C21H27ClN2O2. The van der Waals surface area contributed by atoms with Gasteiger partial charge in [0.25, 0.3) is 0 Å². The lowest BCUT2D eigenvalue weighted by Crippen LogP contribution is -2.09. The predicted octanol–water partition coefficient (Wildman–Crippen LogP) is 4.92. The second kappa shape index (κ2) is 8.56. The summed E-state index contributed by atoms with van der Waals surface area (Å²) in [5, 5.41) is 1.24. The number of hydrogen-bond donors (Lipinski definition) is 0. The Hall–Kier alpha value is -2.04. The van der Waals surface area contributed by atoms with Crippen LogP contribution in [0, 0.1) is 27.7 Å². The smallest absolute Gasteiger partial charge is 0.132 e. The SMILES string of the molecule is COCCn1c(C)c(C)c2ccnc(COc3ccc(C)cc3C)c21.Cl. The Morgan fingerprint density at radius 1 is 1.08 bits per heavy atom. The van der Waals surface area contributed by atoms with Crippen molar-refractivity contribution in [2.75, 3.05) is 13.7 Å². The molecule has 26 heavy (non-hydrogen) atoms. The summed E-state index contributed by atoms with van der Waals surface area (Å²) in [6.07, 6.45) is 1.87. The highest BCUT2D eigenvalue weighted by molar-refractivity contribution is 5.87. The summed E-state index contributed by atoms with van der Waals surface area (Å²) in [5.74, 6) is 0.910. The van der Waals surface area contributed by atoms with Gasteiger partial charge in [-0.1, -0.05) is 17.7 Å². The molecule has 140 valence electrons. The molecule has 0 atom stereocenters. The van der Waals surface area contributed by atoms with E-state index in [2.05, 4.69) is 55.4 Å². The van der Waals surface area contributed by atoms with E-state index in [1.165, 1.54) is 22.2 Å². The van der Waals surface area contributed by atoms with Gasteiger partial charge in [-0.2, -0.15) is 0 Å². The lowest BCUT2D eigenvalue weighted by molar-refractivity contribution is 0.187. The Labute approximate surface area is 161 Å². The molecule has 1 aromatic carbocycles. The van der Waals surface area contributed by atoms with Crippen LogP contribution in [-0.2, 0) is 17.9 Å². The Bertz CT molecular complexity index is 903. The lowest BCUT2D eigenvalue weighted by Gasteiger charge is -2.13. The topological polar surface area (TPSA) is 36.3 Å². The van der Waals surface area contributed by atoms with Crippen molar-refractivity contribution in [1.82, 2.24) is 9.55 Å². The number of benzene rings is 1. The number of hydrogen-bond acceptors (Lipinski definition) is 3. The third-order valence-electron chi connectivity index (χ3n) is 4.84. The van der Waals surface area contributed by atoms with E-state index in [1.807, 2.05) is 12.3 Å². The number of methoxy groups -OCH3 is 1. The Morgan fingerprint density at radius 2 is 1.85 bits per heavy atom. The maximum Gasteiger partial charge on any atom is 0.132 e. The van der Waals surface area contributed by atoms with Gasteiger partial charge in [0, 0.05) is 30.9 Å². The van der Waals surface area contributed by atoms with E-state index in [0.717, 1.165) is 29.1 Å². The minimum absolute atomic E-state index is 0. The third kappa shape index (κ3) is 3.87. The van der Waals surface area contributed by atoms with Gasteiger partial charge in [-0.15, -0.1) is 12.4 Å². The van der Waals surface area contributed by atoms with Crippen LogP contribution < -0.4 is 4.74 Å². The molecule has 2 heterocycles. The first kappa shape index (κ1) is 20.3. The Kier molecular flexibility index (Phi) is 6.68. The number of halogens is 1. The summed E-state index contributed by atoms with van der Waals surface area (Å²) >= 11 is 0. The maximum atomic E-state index is 6.09. The summed E-state index contributed by atoms with van der Waals surface area (Å²) in [5.41, 5.74) is 7.05. The third-order valence-corrected chi connectivity index (χ3v) is 4.84. The van der Waals surface area contributed by atoms with E-state index >= 15 is 0 Å². The zero-order valence-corrected chi connectivity index (χ0v) is 16.9. The summed E-state index contributed by atoms with van der Waals surface area (Å²) in [7, 11) is 1.73. The molecule has 2 aromatic heterocycles. The molecule has 0 N–H and O–H groups in total. The zero-order valence-electron chi connectivity index (χ0n) is 16.1. The van der Waals surface area contributed by atoms with Crippen LogP contribution in [0.25, 0.3) is 10.9 Å². The molecule has 0 unspecified atom stereocenters. The summed E-state index contributed by atoms with van der Waals surface area (Å²) in [4.78, 5) is 4.61. The van der Waals surface area contributed by atoms with Gasteiger partial charge in [-0.05, 0) is 51.0 Å². The summed E-state index contributed by atoms with van der Waals surface area (Å²) < 4.78 is 13.7. The molecule has 3 aromatic rings. The summed E-state index contributed by atoms with van der Waals surface area (Å²) in [6.45, 7) is 10.4. The number of aryl methyl sites for hydroxylation is 3. The second-order valence-electron chi connectivity index (χ2n) is 6.57. The molecule has 0 amide bonds. The first-order valence-corrected chi connectivity index (χ1v) is 8.65. The van der Waals surface area contributed by atoms with Crippen molar-refractivity contribution in [3.05, 3.63) is 58.5 Å². The molecule has 0 bridgehead atoms. The molecule has 5 heteroatoms. The van der Waals surface area contributed by atoms with Gasteiger partial charge in [-0.3, -0.25) is 4.98 Å². The highest BCUT2D eigenvalue weighted by Gasteiger charge is 2.15. The molecule has 0 saturated carbocycles. The highest BCUT2D eigenvalue weighted by Crippen LogP contribution is 2.28. The highest BCUT2D eigenvalue weighted by atomic mass is 35.5. The van der Waals surface area contributed by atoms with Crippen molar-refractivity contribution in [2.24, 2.45) is 0 Å². The molecule has 0 saturated heterocycles. The van der Waals surface area contributed by atoms with Crippen molar-refractivity contribution < 1.29 is 9.47 Å². The number of rotatable bonds is 6. The van der Waals surface area contributed by atoms with E-state index in [0.29, 0.717) is 13.2 Å². The number of nitrogens with zero attached hydrogens (tertiary/aromatic N) is 2. The van der Waals surface area contributed by atoms with Crippen LogP contribution in [0.1, 0.15) is 28.1 Å². The van der Waals surface area contributed by atoms with Gasteiger partial charge in [0.15, 0.2) is 0 Å². The molecular weight excluding hydrogens is 348 g/mol. The first-order valence-electron chi connectivity index (χ1n) is 8.65. The van der Waals surface area contributed by atoms with Gasteiger partial charge >= 0.3 is 0 Å². The average molecular weight is 375 g/mol. The molecule has 0 aliphatic carbocycles. The van der Waals surface area contributed by atoms with E-state index < -0.39 is 0 Å². The van der Waals surface area contributed by atoms with Crippen LogP contribution in [0.3, 0.4) is 0 Å². The van der Waals surface area contributed by atoms with Crippen molar-refractivity contribution in [2.45, 2.75) is 40.8 Å². The molecule has 0 spiro atoms. The van der Waals surface area contributed by atoms with Gasteiger partial charge < -0.3 is 14.0 Å². The van der Waals surface area contributed by atoms with Gasteiger partial charge in [-0.25, -0.2) is 0 Å². The Morgan fingerprint density at radius 3 is 2.54 bits per heavy atom. The van der Waals surface area contributed by atoms with Crippen molar-refractivity contribution in [3.8, 4) is 5.75 Å². The van der Waals surface area contributed by atoms with Crippen LogP contribution in [0.15, 0.2) is 30.5 Å². The normalized spacial score (nSPS) is 10.8. The quantitative estimate of drug-likeness (QED) is 0.614. The second-order valence-corrected chi connectivity index (χ2v) is 6.57. The van der Waals surface area contributed by atoms with Crippen LogP contribution in [0.4, 0.5) is 0 Å². The van der Waals surface area contributed by atoms with Crippen LogP contribution in [-0.4, -0.2) is 23.3 Å². The number of pyridine rings is 1. The average Bonchev–Trinajstić information content (AvgIpc) is 2.84. The lowest BCUT2D eigenvalue weighted by atomic mass is 10.1. The van der Waals surface area contributed by atoms with Gasteiger partial charge in [0.2, 0.25) is 0 Å². The van der Waals surface area contributed by atoms with Gasteiger partial charge in [0.1, 0.15) is 18.1 Å². The maximum absolute atomic E-state index is 6.09. The standard InChI is InChI=1S/C21H26N2O2.ClH/c1-14-6-7-20(15(2)12-14)25-13-19-21-18(8-9-22-19)16(3)17(4)23(21)10-11-24-5;/h6-9,12H,10-11,13H2,1-5H3;1H.